The largest absolute Gasteiger partial charge is 0.395 e. The van der Waals surface area contributed by atoms with Crippen molar-refractivity contribution in [1.29, 1.82) is 0 Å². The van der Waals surface area contributed by atoms with Crippen molar-refractivity contribution >= 4 is 5.91 Å². The minimum Gasteiger partial charge on any atom is -0.395 e. The average molecular weight is 240 g/mol. The molecule has 2 N–H and O–H groups in total. The zero-order valence-corrected chi connectivity index (χ0v) is 10.7. The van der Waals surface area contributed by atoms with Crippen LogP contribution in [0.3, 0.4) is 0 Å². The molecule has 98 valence electrons. The van der Waals surface area contributed by atoms with Gasteiger partial charge < -0.3 is 10.4 Å². The van der Waals surface area contributed by atoms with Crippen LogP contribution in [0.15, 0.2) is 0 Å². The van der Waals surface area contributed by atoms with E-state index in [2.05, 4.69) is 5.32 Å². The van der Waals surface area contributed by atoms with Gasteiger partial charge in [0.25, 0.3) is 0 Å². The topological polar surface area (TPSA) is 52.6 Å². The van der Waals surface area contributed by atoms with Crippen molar-refractivity contribution in [3.8, 4) is 0 Å². The standard InChI is InChI=1S/C13H24N2O2/c1-2-15(7-8-16)9-12(17)14-13(10-3-4-10)11-5-6-11/h10-11,13,16H,2-9H2,1H3,(H,14,17). The Kier molecular flexibility index (Phi) is 4.40. The number of likely N-dealkylation sites (N-methyl/N-ethyl adjacent to an activating group) is 1. The van der Waals surface area contributed by atoms with Crippen molar-refractivity contribution in [2.24, 2.45) is 11.8 Å². The Labute approximate surface area is 103 Å². The molecule has 0 unspecified atom stereocenters. The van der Waals surface area contributed by atoms with Crippen molar-refractivity contribution in [1.82, 2.24) is 10.2 Å². The van der Waals surface area contributed by atoms with Crippen molar-refractivity contribution < 1.29 is 9.90 Å². The monoisotopic (exact) mass is 240 g/mol. The second-order valence-electron chi connectivity index (χ2n) is 5.36. The summed E-state index contributed by atoms with van der Waals surface area (Å²) in [5, 5.41) is 12.1. The van der Waals surface area contributed by atoms with Crippen molar-refractivity contribution in [3.05, 3.63) is 0 Å². The summed E-state index contributed by atoms with van der Waals surface area (Å²) in [7, 11) is 0. The molecule has 2 rings (SSSR count). The predicted octanol–water partition coefficient (Wildman–Crippen LogP) is 0.605. The number of rotatable bonds is 8. The van der Waals surface area contributed by atoms with Crippen LogP contribution in [0.2, 0.25) is 0 Å². The van der Waals surface area contributed by atoms with E-state index in [9.17, 15) is 4.79 Å². The number of hydrogen-bond donors (Lipinski definition) is 2. The van der Waals surface area contributed by atoms with Crippen LogP contribution in [-0.4, -0.2) is 48.2 Å². The molecule has 2 aliphatic carbocycles. The number of aliphatic hydroxyl groups excluding tert-OH is 1. The van der Waals surface area contributed by atoms with Gasteiger partial charge in [-0.25, -0.2) is 0 Å². The van der Waals surface area contributed by atoms with Gasteiger partial charge in [-0.15, -0.1) is 0 Å². The maximum atomic E-state index is 11.9. The fraction of sp³-hybridized carbons (Fsp3) is 0.923. The lowest BCUT2D eigenvalue weighted by Crippen LogP contribution is -2.44. The highest BCUT2D eigenvalue weighted by Gasteiger charge is 2.42. The van der Waals surface area contributed by atoms with E-state index in [0.717, 1.165) is 18.4 Å². The zero-order valence-electron chi connectivity index (χ0n) is 10.7. The fourth-order valence-electron chi connectivity index (χ4n) is 2.46. The molecular formula is C13H24N2O2. The zero-order chi connectivity index (χ0) is 12.3. The first-order chi connectivity index (χ1) is 8.24. The van der Waals surface area contributed by atoms with Gasteiger partial charge in [-0.2, -0.15) is 0 Å². The smallest absolute Gasteiger partial charge is 0.234 e. The number of nitrogens with one attached hydrogen (secondary N) is 1. The van der Waals surface area contributed by atoms with Crippen LogP contribution in [0, 0.1) is 11.8 Å². The second-order valence-corrected chi connectivity index (χ2v) is 5.36. The van der Waals surface area contributed by atoms with E-state index in [0.29, 0.717) is 19.1 Å². The highest BCUT2D eigenvalue weighted by atomic mass is 16.3. The van der Waals surface area contributed by atoms with Gasteiger partial charge in [0.05, 0.1) is 13.2 Å². The van der Waals surface area contributed by atoms with Gasteiger partial charge in [-0.1, -0.05) is 6.92 Å². The van der Waals surface area contributed by atoms with Crippen LogP contribution in [-0.2, 0) is 4.79 Å². The molecule has 0 aromatic rings. The quantitative estimate of drug-likeness (QED) is 0.653. The van der Waals surface area contributed by atoms with Crippen LogP contribution in [0.25, 0.3) is 0 Å². The van der Waals surface area contributed by atoms with E-state index in [1.165, 1.54) is 25.7 Å². The van der Waals surface area contributed by atoms with Crippen LogP contribution in [0.4, 0.5) is 0 Å². The lowest BCUT2D eigenvalue weighted by Gasteiger charge is -2.22. The van der Waals surface area contributed by atoms with Gasteiger partial charge in [0.15, 0.2) is 0 Å². The summed E-state index contributed by atoms with van der Waals surface area (Å²) in [4.78, 5) is 13.9. The van der Waals surface area contributed by atoms with Crippen molar-refractivity contribution in [3.63, 3.8) is 0 Å². The molecule has 2 aliphatic rings. The van der Waals surface area contributed by atoms with Gasteiger partial charge in [0, 0.05) is 12.6 Å². The summed E-state index contributed by atoms with van der Waals surface area (Å²) >= 11 is 0. The van der Waals surface area contributed by atoms with E-state index < -0.39 is 0 Å². The van der Waals surface area contributed by atoms with E-state index in [-0.39, 0.29) is 12.5 Å². The number of carbonyl (C=O) groups excluding carboxylic acids is 1. The number of aliphatic hydroxyl groups is 1. The second kappa shape index (κ2) is 5.83. The fourth-order valence-corrected chi connectivity index (χ4v) is 2.46. The van der Waals surface area contributed by atoms with E-state index in [1.807, 2.05) is 11.8 Å². The summed E-state index contributed by atoms with van der Waals surface area (Å²) in [6.07, 6.45) is 5.15. The SMILES string of the molecule is CCN(CCO)CC(=O)NC(C1CC1)C1CC1. The first-order valence-corrected chi connectivity index (χ1v) is 6.87. The normalized spacial score (nSPS) is 20.0. The molecule has 0 atom stereocenters. The van der Waals surface area contributed by atoms with E-state index in [1.54, 1.807) is 0 Å². The van der Waals surface area contributed by atoms with Gasteiger partial charge in [0.2, 0.25) is 5.91 Å². The van der Waals surface area contributed by atoms with Crippen molar-refractivity contribution in [2.45, 2.75) is 38.6 Å². The first-order valence-electron chi connectivity index (χ1n) is 6.87. The van der Waals surface area contributed by atoms with Crippen LogP contribution < -0.4 is 5.32 Å². The molecule has 4 nitrogen and oxygen atoms in total. The van der Waals surface area contributed by atoms with Crippen LogP contribution >= 0.6 is 0 Å². The lowest BCUT2D eigenvalue weighted by atomic mass is 10.1. The number of nitrogens with zero attached hydrogens (tertiary/aromatic N) is 1. The molecule has 0 aromatic carbocycles. The summed E-state index contributed by atoms with van der Waals surface area (Å²) in [5.41, 5.74) is 0. The van der Waals surface area contributed by atoms with E-state index in [4.69, 9.17) is 5.11 Å². The van der Waals surface area contributed by atoms with Gasteiger partial charge >= 0.3 is 0 Å². The highest BCUT2D eigenvalue weighted by Crippen LogP contribution is 2.44. The molecule has 0 aromatic heterocycles. The lowest BCUT2D eigenvalue weighted by molar-refractivity contribution is -0.123. The van der Waals surface area contributed by atoms with E-state index >= 15 is 0 Å². The molecule has 0 radical (unpaired) electrons. The Morgan fingerprint density at radius 3 is 2.35 bits per heavy atom. The average Bonchev–Trinajstić information content (AvgIpc) is 3.18. The molecule has 0 bridgehead atoms. The maximum Gasteiger partial charge on any atom is 0.234 e. The molecule has 0 heterocycles. The molecule has 17 heavy (non-hydrogen) atoms. The number of amides is 1. The third kappa shape index (κ3) is 3.96. The van der Waals surface area contributed by atoms with Crippen molar-refractivity contribution in [2.75, 3.05) is 26.2 Å². The molecular weight excluding hydrogens is 216 g/mol. The number of carbonyl (C=O) groups is 1. The Morgan fingerprint density at radius 1 is 1.35 bits per heavy atom. The minimum absolute atomic E-state index is 0.121. The summed E-state index contributed by atoms with van der Waals surface area (Å²) < 4.78 is 0. The summed E-state index contributed by atoms with van der Waals surface area (Å²) in [6, 6.07) is 0.440. The molecule has 4 heteroatoms. The van der Waals surface area contributed by atoms with Gasteiger partial charge in [0.1, 0.15) is 0 Å². The maximum absolute atomic E-state index is 11.9. The van der Waals surface area contributed by atoms with Crippen LogP contribution in [0.1, 0.15) is 32.6 Å². The highest BCUT2D eigenvalue weighted by molar-refractivity contribution is 5.78. The Bertz CT molecular complexity index is 250. The molecule has 1 amide bonds. The summed E-state index contributed by atoms with van der Waals surface area (Å²) in [5.74, 6) is 1.63. The Hall–Kier alpha value is -0.610. The molecule has 2 fully saturated rings. The molecule has 0 aliphatic heterocycles. The molecule has 2 saturated carbocycles. The van der Waals surface area contributed by atoms with Gasteiger partial charge in [-0.05, 0) is 44.1 Å². The molecule has 0 saturated heterocycles. The first kappa shape index (κ1) is 12.8. The third-order valence-electron chi connectivity index (χ3n) is 3.82. The molecule has 0 spiro atoms. The van der Waals surface area contributed by atoms with Crippen LogP contribution in [0.5, 0.6) is 0 Å². The minimum atomic E-state index is 0.121. The Morgan fingerprint density at radius 2 is 1.94 bits per heavy atom. The number of hydrogen-bond acceptors (Lipinski definition) is 3. The predicted molar refractivity (Wildman–Crippen MR) is 66.6 cm³/mol. The third-order valence-corrected chi connectivity index (χ3v) is 3.82. The summed E-state index contributed by atoms with van der Waals surface area (Å²) in [6.45, 7) is 3.96. The van der Waals surface area contributed by atoms with Gasteiger partial charge in [-0.3, -0.25) is 9.69 Å². The Balaban J connectivity index is 1.74.